The van der Waals surface area contributed by atoms with Crippen molar-refractivity contribution in [2.45, 2.75) is 13.0 Å². The number of aliphatic hydroxyl groups excluding tert-OH is 1. The summed E-state index contributed by atoms with van der Waals surface area (Å²) in [5.41, 5.74) is 0.600. The molecule has 0 amide bonds. The lowest BCUT2D eigenvalue weighted by Gasteiger charge is -2.17. The van der Waals surface area contributed by atoms with Gasteiger partial charge >= 0.3 is 0 Å². The SMILES string of the molecule is CN1CCCN(c2nc(CO)co2)CC1. The van der Waals surface area contributed by atoms with E-state index < -0.39 is 0 Å². The van der Waals surface area contributed by atoms with Crippen LogP contribution in [0.1, 0.15) is 12.1 Å². The van der Waals surface area contributed by atoms with Crippen molar-refractivity contribution in [3.63, 3.8) is 0 Å². The predicted octanol–water partition coefficient (Wildman–Crippen LogP) is 0.309. The Hall–Kier alpha value is -1.07. The van der Waals surface area contributed by atoms with Gasteiger partial charge in [0, 0.05) is 19.6 Å². The van der Waals surface area contributed by atoms with Gasteiger partial charge in [-0.15, -0.1) is 0 Å². The van der Waals surface area contributed by atoms with Gasteiger partial charge in [-0.25, -0.2) is 0 Å². The van der Waals surface area contributed by atoms with Gasteiger partial charge in [-0.3, -0.25) is 0 Å². The molecule has 1 aromatic rings. The van der Waals surface area contributed by atoms with Gasteiger partial charge in [0.1, 0.15) is 12.0 Å². The van der Waals surface area contributed by atoms with Crippen molar-refractivity contribution in [2.24, 2.45) is 0 Å². The third-order valence-corrected chi connectivity index (χ3v) is 2.69. The quantitative estimate of drug-likeness (QED) is 0.763. The van der Waals surface area contributed by atoms with E-state index in [0.29, 0.717) is 11.7 Å². The average Bonchev–Trinajstić information content (AvgIpc) is 2.62. The summed E-state index contributed by atoms with van der Waals surface area (Å²) in [5, 5.41) is 8.90. The standard InChI is InChI=1S/C10H17N3O2/c1-12-3-2-4-13(6-5-12)10-11-9(7-14)8-15-10/h8,14H,2-7H2,1H3. The fraction of sp³-hybridized carbons (Fsp3) is 0.700. The average molecular weight is 211 g/mol. The van der Waals surface area contributed by atoms with Gasteiger partial charge in [0.2, 0.25) is 0 Å². The van der Waals surface area contributed by atoms with Gasteiger partial charge in [-0.2, -0.15) is 4.98 Å². The number of hydrogen-bond donors (Lipinski definition) is 1. The molecule has 0 aliphatic carbocycles. The van der Waals surface area contributed by atoms with E-state index in [1.165, 1.54) is 6.26 Å². The van der Waals surface area contributed by atoms with Gasteiger partial charge in [0.25, 0.3) is 6.01 Å². The third-order valence-electron chi connectivity index (χ3n) is 2.69. The third kappa shape index (κ3) is 2.49. The van der Waals surface area contributed by atoms with E-state index in [1.54, 1.807) is 0 Å². The molecule has 0 spiro atoms. The lowest BCUT2D eigenvalue weighted by atomic mass is 10.4. The molecule has 5 heteroatoms. The Morgan fingerprint density at radius 1 is 1.40 bits per heavy atom. The van der Waals surface area contributed by atoms with Crippen LogP contribution < -0.4 is 4.90 Å². The molecule has 2 rings (SSSR count). The normalized spacial score (nSPS) is 19.2. The summed E-state index contributed by atoms with van der Waals surface area (Å²) in [5.74, 6) is 0. The first-order valence-electron chi connectivity index (χ1n) is 5.28. The van der Waals surface area contributed by atoms with Crippen LogP contribution in [0.4, 0.5) is 6.01 Å². The number of likely N-dealkylation sites (N-methyl/N-ethyl adjacent to an activating group) is 1. The van der Waals surface area contributed by atoms with E-state index in [2.05, 4.69) is 21.8 Å². The Kier molecular flexibility index (Phi) is 3.23. The van der Waals surface area contributed by atoms with Crippen LogP contribution in [0, 0.1) is 0 Å². The minimum atomic E-state index is -0.0583. The minimum absolute atomic E-state index is 0.0583. The van der Waals surface area contributed by atoms with Crippen molar-refractivity contribution < 1.29 is 9.52 Å². The highest BCUT2D eigenvalue weighted by Gasteiger charge is 2.16. The van der Waals surface area contributed by atoms with Crippen molar-refractivity contribution in [1.29, 1.82) is 0 Å². The zero-order chi connectivity index (χ0) is 10.7. The molecule has 2 heterocycles. The first kappa shape index (κ1) is 10.4. The maximum Gasteiger partial charge on any atom is 0.297 e. The molecule has 0 aromatic carbocycles. The highest BCUT2D eigenvalue weighted by atomic mass is 16.4. The molecular weight excluding hydrogens is 194 g/mol. The fourth-order valence-electron chi connectivity index (χ4n) is 1.75. The summed E-state index contributed by atoms with van der Waals surface area (Å²) >= 11 is 0. The topological polar surface area (TPSA) is 52.7 Å². The molecule has 1 aliphatic heterocycles. The number of oxazole rings is 1. The van der Waals surface area contributed by atoms with Crippen LogP contribution in [-0.4, -0.2) is 48.2 Å². The summed E-state index contributed by atoms with van der Waals surface area (Å²) in [4.78, 5) is 8.64. The molecule has 0 saturated carbocycles. The Balaban J connectivity index is 2.03. The highest BCUT2D eigenvalue weighted by Crippen LogP contribution is 2.15. The minimum Gasteiger partial charge on any atom is -0.432 e. The number of rotatable bonds is 2. The largest absolute Gasteiger partial charge is 0.432 e. The van der Waals surface area contributed by atoms with Gasteiger partial charge in [-0.05, 0) is 20.0 Å². The molecule has 0 unspecified atom stereocenters. The first-order chi connectivity index (χ1) is 7.29. The number of hydrogen-bond acceptors (Lipinski definition) is 5. The summed E-state index contributed by atoms with van der Waals surface area (Å²) in [6.07, 6.45) is 2.64. The lowest BCUT2D eigenvalue weighted by molar-refractivity contribution is 0.276. The van der Waals surface area contributed by atoms with Crippen LogP contribution >= 0.6 is 0 Å². The Labute approximate surface area is 89.3 Å². The fourth-order valence-corrected chi connectivity index (χ4v) is 1.75. The zero-order valence-electron chi connectivity index (χ0n) is 9.02. The van der Waals surface area contributed by atoms with Crippen molar-refractivity contribution >= 4 is 6.01 Å². The van der Waals surface area contributed by atoms with Crippen molar-refractivity contribution in [2.75, 3.05) is 38.1 Å². The van der Waals surface area contributed by atoms with E-state index >= 15 is 0 Å². The summed E-state index contributed by atoms with van der Waals surface area (Å²) in [7, 11) is 2.12. The number of aromatic nitrogens is 1. The lowest BCUT2D eigenvalue weighted by Crippen LogP contribution is -2.28. The molecule has 5 nitrogen and oxygen atoms in total. The van der Waals surface area contributed by atoms with Crippen molar-refractivity contribution in [1.82, 2.24) is 9.88 Å². The maximum absolute atomic E-state index is 8.90. The van der Waals surface area contributed by atoms with Gasteiger partial charge in [-0.1, -0.05) is 0 Å². The van der Waals surface area contributed by atoms with E-state index in [9.17, 15) is 0 Å². The maximum atomic E-state index is 8.90. The molecule has 0 bridgehead atoms. The molecular formula is C10H17N3O2. The Morgan fingerprint density at radius 3 is 3.00 bits per heavy atom. The van der Waals surface area contributed by atoms with Crippen LogP contribution in [0.3, 0.4) is 0 Å². The van der Waals surface area contributed by atoms with Crippen LogP contribution in [0.25, 0.3) is 0 Å². The molecule has 1 N–H and O–H groups in total. The highest BCUT2D eigenvalue weighted by molar-refractivity contribution is 5.27. The summed E-state index contributed by atoms with van der Waals surface area (Å²) < 4.78 is 5.32. The molecule has 1 saturated heterocycles. The summed E-state index contributed by atoms with van der Waals surface area (Å²) in [6, 6.07) is 0.634. The van der Waals surface area contributed by atoms with Gasteiger partial charge in [0.15, 0.2) is 0 Å². The van der Waals surface area contributed by atoms with E-state index in [-0.39, 0.29) is 6.61 Å². The molecule has 1 aliphatic rings. The van der Waals surface area contributed by atoms with Gasteiger partial charge in [0.05, 0.1) is 6.61 Å². The molecule has 15 heavy (non-hydrogen) atoms. The van der Waals surface area contributed by atoms with Crippen molar-refractivity contribution in [3.8, 4) is 0 Å². The monoisotopic (exact) mass is 211 g/mol. The molecule has 0 radical (unpaired) electrons. The van der Waals surface area contributed by atoms with Crippen LogP contribution in [-0.2, 0) is 6.61 Å². The van der Waals surface area contributed by atoms with Crippen LogP contribution in [0.5, 0.6) is 0 Å². The zero-order valence-corrected chi connectivity index (χ0v) is 9.02. The number of nitrogens with zero attached hydrogens (tertiary/aromatic N) is 3. The molecule has 0 atom stereocenters. The second-order valence-corrected chi connectivity index (χ2v) is 3.92. The van der Waals surface area contributed by atoms with E-state index in [0.717, 1.165) is 32.6 Å². The smallest absolute Gasteiger partial charge is 0.297 e. The van der Waals surface area contributed by atoms with Crippen LogP contribution in [0.2, 0.25) is 0 Å². The molecule has 1 fully saturated rings. The first-order valence-corrected chi connectivity index (χ1v) is 5.28. The molecule has 84 valence electrons. The van der Waals surface area contributed by atoms with E-state index in [1.807, 2.05) is 0 Å². The van der Waals surface area contributed by atoms with Crippen LogP contribution in [0.15, 0.2) is 10.7 Å². The number of aliphatic hydroxyl groups is 1. The predicted molar refractivity (Wildman–Crippen MR) is 56.8 cm³/mol. The van der Waals surface area contributed by atoms with E-state index in [4.69, 9.17) is 9.52 Å². The van der Waals surface area contributed by atoms with Crippen molar-refractivity contribution in [3.05, 3.63) is 12.0 Å². The second-order valence-electron chi connectivity index (χ2n) is 3.92. The molecule has 1 aromatic heterocycles. The number of anilines is 1. The summed E-state index contributed by atoms with van der Waals surface area (Å²) in [6.45, 7) is 3.98. The van der Waals surface area contributed by atoms with Gasteiger partial charge < -0.3 is 19.3 Å². The second kappa shape index (κ2) is 4.63. The Bertz CT molecular complexity index is 313. The Morgan fingerprint density at radius 2 is 2.27 bits per heavy atom.